The smallest absolute Gasteiger partial charge is 0.326 e. The van der Waals surface area contributed by atoms with Crippen LogP contribution in [0.4, 0.5) is 0 Å². The summed E-state index contributed by atoms with van der Waals surface area (Å²) < 4.78 is 0. The number of nitrogens with zero attached hydrogens (tertiary/aromatic N) is 2. The van der Waals surface area contributed by atoms with Crippen molar-refractivity contribution in [1.82, 2.24) is 15.1 Å². The second kappa shape index (κ2) is 10.5. The number of nitrogens with two attached hydrogens (primary N) is 1. The molecule has 31 heavy (non-hydrogen) atoms. The standard InChI is InChI=1S/C19H30N4O8/c1-10(24)15(20)18(29)22-8-2-4-12(22)16(27)21-11(6-7-14(25)26)17(28)23-9-3-5-13(23)19(30)31/h10-13,15,24H,2-9,20H2,1H3,(H,21,27)(H,25,26)(H,30,31). The molecule has 0 aromatic heterocycles. The molecule has 0 radical (unpaired) electrons. The lowest BCUT2D eigenvalue weighted by Gasteiger charge is -2.30. The highest BCUT2D eigenvalue weighted by Gasteiger charge is 2.41. The van der Waals surface area contributed by atoms with Gasteiger partial charge in [0.1, 0.15) is 24.2 Å². The largest absolute Gasteiger partial charge is 0.481 e. The van der Waals surface area contributed by atoms with Gasteiger partial charge in [0, 0.05) is 19.5 Å². The predicted molar refractivity (Wildman–Crippen MR) is 106 cm³/mol. The predicted octanol–water partition coefficient (Wildman–Crippen LogP) is -1.89. The zero-order chi connectivity index (χ0) is 23.3. The van der Waals surface area contributed by atoms with Crippen molar-refractivity contribution in [3.63, 3.8) is 0 Å². The topological polar surface area (TPSA) is 191 Å². The normalized spacial score (nSPS) is 23.8. The monoisotopic (exact) mass is 442 g/mol. The van der Waals surface area contributed by atoms with Crippen LogP contribution in [0.25, 0.3) is 0 Å². The van der Waals surface area contributed by atoms with Crippen molar-refractivity contribution in [1.29, 1.82) is 0 Å². The number of aliphatic hydroxyl groups excluding tert-OH is 1. The molecule has 2 rings (SSSR count). The number of hydrogen-bond acceptors (Lipinski definition) is 7. The van der Waals surface area contributed by atoms with E-state index < -0.39 is 66.4 Å². The van der Waals surface area contributed by atoms with Crippen molar-refractivity contribution < 1.29 is 39.3 Å². The number of rotatable bonds is 9. The molecule has 0 bridgehead atoms. The number of hydrogen-bond donors (Lipinski definition) is 5. The van der Waals surface area contributed by atoms with E-state index >= 15 is 0 Å². The van der Waals surface area contributed by atoms with E-state index in [1.54, 1.807) is 0 Å². The van der Waals surface area contributed by atoms with Gasteiger partial charge in [-0.05, 0) is 39.0 Å². The van der Waals surface area contributed by atoms with Crippen LogP contribution in [0.2, 0.25) is 0 Å². The van der Waals surface area contributed by atoms with Gasteiger partial charge >= 0.3 is 11.9 Å². The maximum Gasteiger partial charge on any atom is 0.326 e. The highest BCUT2D eigenvalue weighted by Crippen LogP contribution is 2.22. The molecule has 12 heteroatoms. The number of nitrogens with one attached hydrogen (secondary N) is 1. The number of aliphatic carboxylic acids is 2. The van der Waals surface area contributed by atoms with Crippen LogP contribution in [0, 0.1) is 0 Å². The highest BCUT2D eigenvalue weighted by atomic mass is 16.4. The minimum absolute atomic E-state index is 0.201. The molecule has 12 nitrogen and oxygen atoms in total. The Labute approximate surface area is 179 Å². The zero-order valence-corrected chi connectivity index (χ0v) is 17.4. The maximum absolute atomic E-state index is 13.0. The molecule has 3 amide bonds. The Balaban J connectivity index is 2.15. The van der Waals surface area contributed by atoms with Crippen LogP contribution in [-0.4, -0.2) is 98.1 Å². The summed E-state index contributed by atoms with van der Waals surface area (Å²) in [5.74, 6) is -4.21. The van der Waals surface area contributed by atoms with E-state index in [-0.39, 0.29) is 25.9 Å². The Morgan fingerprint density at radius 1 is 1.00 bits per heavy atom. The Hall–Kier alpha value is -2.73. The van der Waals surface area contributed by atoms with Crippen molar-refractivity contribution in [2.75, 3.05) is 13.1 Å². The molecule has 2 saturated heterocycles. The van der Waals surface area contributed by atoms with Gasteiger partial charge in [-0.15, -0.1) is 0 Å². The number of aliphatic hydroxyl groups is 1. The molecule has 0 aromatic rings. The van der Waals surface area contributed by atoms with Gasteiger partial charge in [-0.2, -0.15) is 0 Å². The molecule has 0 saturated carbocycles. The lowest BCUT2D eigenvalue weighted by Crippen LogP contribution is -2.57. The quantitative estimate of drug-likeness (QED) is 0.272. The molecule has 5 unspecified atom stereocenters. The second-order valence-electron chi connectivity index (χ2n) is 7.98. The molecular formula is C19H30N4O8. The van der Waals surface area contributed by atoms with Gasteiger partial charge in [0.25, 0.3) is 0 Å². The SMILES string of the molecule is CC(O)C(N)C(=O)N1CCCC1C(=O)NC(CCC(=O)O)C(=O)N1CCCC1C(=O)O. The van der Waals surface area contributed by atoms with Crippen LogP contribution in [0.1, 0.15) is 45.4 Å². The van der Waals surface area contributed by atoms with E-state index in [0.717, 1.165) is 4.90 Å². The Morgan fingerprint density at radius 3 is 2.06 bits per heavy atom. The van der Waals surface area contributed by atoms with Crippen LogP contribution in [0.3, 0.4) is 0 Å². The van der Waals surface area contributed by atoms with E-state index in [2.05, 4.69) is 5.32 Å². The number of carbonyl (C=O) groups excluding carboxylic acids is 3. The third kappa shape index (κ3) is 5.91. The molecule has 2 aliphatic heterocycles. The molecule has 174 valence electrons. The second-order valence-corrected chi connectivity index (χ2v) is 7.98. The van der Waals surface area contributed by atoms with Crippen LogP contribution in [0.5, 0.6) is 0 Å². The first-order valence-electron chi connectivity index (χ1n) is 10.3. The number of carboxylic acid groups (broad SMARTS) is 2. The molecule has 2 aliphatic rings. The number of carbonyl (C=O) groups is 5. The van der Waals surface area contributed by atoms with Crippen LogP contribution in [0.15, 0.2) is 0 Å². The van der Waals surface area contributed by atoms with E-state index in [1.165, 1.54) is 11.8 Å². The number of likely N-dealkylation sites (tertiary alicyclic amines) is 2. The molecular weight excluding hydrogens is 412 g/mol. The molecule has 0 aromatic carbocycles. The summed E-state index contributed by atoms with van der Waals surface area (Å²) in [6, 6.07) is -4.36. The third-order valence-corrected chi connectivity index (χ3v) is 5.73. The zero-order valence-electron chi connectivity index (χ0n) is 17.4. The first kappa shape index (κ1) is 24.5. The summed E-state index contributed by atoms with van der Waals surface area (Å²) in [7, 11) is 0. The van der Waals surface area contributed by atoms with Gasteiger partial charge in [-0.25, -0.2) is 4.79 Å². The van der Waals surface area contributed by atoms with Crippen molar-refractivity contribution >= 4 is 29.7 Å². The summed E-state index contributed by atoms with van der Waals surface area (Å²) in [4.78, 5) is 63.2. The average Bonchev–Trinajstić information content (AvgIpc) is 3.38. The fourth-order valence-electron chi connectivity index (χ4n) is 3.98. The average molecular weight is 442 g/mol. The van der Waals surface area contributed by atoms with Crippen LogP contribution >= 0.6 is 0 Å². The van der Waals surface area contributed by atoms with Crippen molar-refractivity contribution in [2.45, 2.75) is 75.7 Å². The van der Waals surface area contributed by atoms with Crippen molar-refractivity contribution in [2.24, 2.45) is 5.73 Å². The molecule has 2 fully saturated rings. The summed E-state index contributed by atoms with van der Waals surface area (Å²) >= 11 is 0. The van der Waals surface area contributed by atoms with Gasteiger partial charge in [-0.1, -0.05) is 0 Å². The van der Waals surface area contributed by atoms with Gasteiger partial charge in [-0.3, -0.25) is 19.2 Å². The molecule has 6 N–H and O–H groups in total. The highest BCUT2D eigenvalue weighted by molar-refractivity contribution is 5.94. The summed E-state index contributed by atoms with van der Waals surface area (Å²) in [6.45, 7) is 1.83. The van der Waals surface area contributed by atoms with Gasteiger partial charge in [0.05, 0.1) is 6.10 Å². The minimum atomic E-state index is -1.23. The van der Waals surface area contributed by atoms with Gasteiger partial charge in [0.2, 0.25) is 17.7 Å². The molecule has 0 spiro atoms. The van der Waals surface area contributed by atoms with E-state index in [4.69, 9.17) is 10.8 Å². The third-order valence-electron chi connectivity index (χ3n) is 5.73. The Morgan fingerprint density at radius 2 is 1.55 bits per heavy atom. The summed E-state index contributed by atoms with van der Waals surface area (Å²) in [5.41, 5.74) is 5.70. The first-order valence-corrected chi connectivity index (χ1v) is 10.3. The number of carboxylic acids is 2. The lowest BCUT2D eigenvalue weighted by atomic mass is 10.1. The van der Waals surface area contributed by atoms with Gasteiger partial charge < -0.3 is 36.2 Å². The Bertz CT molecular complexity index is 728. The summed E-state index contributed by atoms with van der Waals surface area (Å²) in [6.07, 6.45) is -0.0977. The fourth-order valence-corrected chi connectivity index (χ4v) is 3.98. The van der Waals surface area contributed by atoms with Crippen LogP contribution < -0.4 is 11.1 Å². The van der Waals surface area contributed by atoms with Crippen molar-refractivity contribution in [3.8, 4) is 0 Å². The van der Waals surface area contributed by atoms with Gasteiger partial charge in [0.15, 0.2) is 0 Å². The maximum atomic E-state index is 13.0. The van der Waals surface area contributed by atoms with Crippen molar-refractivity contribution in [3.05, 3.63) is 0 Å². The lowest BCUT2D eigenvalue weighted by molar-refractivity contribution is -0.150. The molecule has 5 atom stereocenters. The fraction of sp³-hybridized carbons (Fsp3) is 0.737. The molecule has 0 aliphatic carbocycles. The minimum Gasteiger partial charge on any atom is -0.481 e. The summed E-state index contributed by atoms with van der Waals surface area (Å²) in [5, 5.41) is 30.4. The van der Waals surface area contributed by atoms with E-state index in [9.17, 15) is 34.2 Å². The van der Waals surface area contributed by atoms with E-state index in [0.29, 0.717) is 19.3 Å². The Kier molecular flexibility index (Phi) is 8.34. The molecule has 2 heterocycles. The van der Waals surface area contributed by atoms with Crippen LogP contribution in [-0.2, 0) is 24.0 Å². The first-order chi connectivity index (χ1) is 14.5. The van der Waals surface area contributed by atoms with E-state index in [1.807, 2.05) is 0 Å². The number of amides is 3.